The number of nitrogens with zero attached hydrogens (tertiary/aromatic N) is 3. The summed E-state index contributed by atoms with van der Waals surface area (Å²) in [5.41, 5.74) is 3.64. The average molecular weight is 381 g/mol. The molecule has 6 nitrogen and oxygen atoms in total. The minimum Gasteiger partial charge on any atom is -0.392 e. The lowest BCUT2D eigenvalue weighted by molar-refractivity contribution is -0.164. The van der Waals surface area contributed by atoms with Crippen molar-refractivity contribution >= 4 is 5.91 Å². The Bertz CT molecular complexity index is 885. The summed E-state index contributed by atoms with van der Waals surface area (Å²) < 4.78 is 7.25. The van der Waals surface area contributed by atoms with Crippen molar-refractivity contribution in [3.8, 4) is 11.3 Å². The Labute approximate surface area is 165 Å². The van der Waals surface area contributed by atoms with E-state index in [-0.39, 0.29) is 29.4 Å². The molecular formula is C22H27N3O3. The molecule has 148 valence electrons. The van der Waals surface area contributed by atoms with Crippen LogP contribution in [0.3, 0.4) is 0 Å². The monoisotopic (exact) mass is 381 g/mol. The van der Waals surface area contributed by atoms with E-state index in [1.54, 1.807) is 7.11 Å². The molecule has 2 fully saturated rings. The van der Waals surface area contributed by atoms with Gasteiger partial charge in [-0.25, -0.2) is 4.98 Å². The molecule has 0 bridgehead atoms. The topological polar surface area (TPSA) is 67.6 Å². The summed E-state index contributed by atoms with van der Waals surface area (Å²) in [4.78, 5) is 18.5. The number of amides is 1. The quantitative estimate of drug-likeness (QED) is 0.884. The van der Waals surface area contributed by atoms with Gasteiger partial charge in [-0.15, -0.1) is 0 Å². The number of imidazole rings is 1. The van der Waals surface area contributed by atoms with Crippen molar-refractivity contribution in [3.05, 3.63) is 42.4 Å². The third-order valence-corrected chi connectivity index (χ3v) is 7.23. The Morgan fingerprint density at radius 1 is 1.32 bits per heavy atom. The number of rotatable bonds is 4. The van der Waals surface area contributed by atoms with Gasteiger partial charge in [0, 0.05) is 37.1 Å². The Hall–Kier alpha value is -2.18. The summed E-state index contributed by atoms with van der Waals surface area (Å²) in [6.45, 7) is 1.95. The van der Waals surface area contributed by atoms with Crippen molar-refractivity contribution < 1.29 is 14.6 Å². The normalized spacial score (nSPS) is 27.4. The van der Waals surface area contributed by atoms with Crippen molar-refractivity contribution in [2.45, 2.75) is 37.8 Å². The molecule has 1 aliphatic carbocycles. The molecule has 1 N–H and O–H groups in total. The minimum absolute atomic E-state index is 0.0407. The molecule has 5 rings (SSSR count). The number of carbonyl (C=O) groups excluding carboxylic acids is 1. The van der Waals surface area contributed by atoms with Gasteiger partial charge in [0.2, 0.25) is 5.91 Å². The lowest BCUT2D eigenvalue weighted by atomic mass is 9.53. The van der Waals surface area contributed by atoms with Gasteiger partial charge in [-0.2, -0.15) is 0 Å². The number of benzene rings is 1. The van der Waals surface area contributed by atoms with Crippen molar-refractivity contribution in [2.24, 2.45) is 11.3 Å². The number of aromatic nitrogens is 2. The molecular weight excluding hydrogens is 354 g/mol. The van der Waals surface area contributed by atoms with Gasteiger partial charge in [0.05, 0.1) is 43.4 Å². The van der Waals surface area contributed by atoms with Crippen LogP contribution in [0.15, 0.2) is 36.8 Å². The first-order valence-corrected chi connectivity index (χ1v) is 10.2. The molecule has 1 aromatic carbocycles. The van der Waals surface area contributed by atoms with Gasteiger partial charge >= 0.3 is 0 Å². The molecule has 1 amide bonds. The molecule has 6 heteroatoms. The molecule has 1 saturated carbocycles. The minimum atomic E-state index is -0.338. The smallest absolute Gasteiger partial charge is 0.224 e. The summed E-state index contributed by atoms with van der Waals surface area (Å²) in [6, 6.07) is 8.63. The number of hydrogen-bond acceptors (Lipinski definition) is 4. The van der Waals surface area contributed by atoms with E-state index in [2.05, 4.69) is 33.8 Å². The van der Waals surface area contributed by atoms with Gasteiger partial charge in [0.15, 0.2) is 0 Å². The second-order valence-corrected chi connectivity index (χ2v) is 8.52. The molecule has 3 atom stereocenters. The van der Waals surface area contributed by atoms with E-state index in [1.807, 2.05) is 17.4 Å². The Balaban J connectivity index is 1.30. The number of piperidine rings is 1. The highest BCUT2D eigenvalue weighted by molar-refractivity contribution is 5.76. The number of hydrogen-bond donors (Lipinski definition) is 1. The molecule has 1 saturated heterocycles. The summed E-state index contributed by atoms with van der Waals surface area (Å²) in [5, 5.41) is 11.2. The number of aliphatic hydroxyl groups excluding tert-OH is 1. The second-order valence-electron chi connectivity index (χ2n) is 8.52. The van der Waals surface area contributed by atoms with E-state index >= 15 is 0 Å². The molecule has 2 aliphatic heterocycles. The first-order chi connectivity index (χ1) is 13.6. The fraction of sp³-hybridized carbons (Fsp3) is 0.545. The maximum Gasteiger partial charge on any atom is 0.224 e. The number of methoxy groups -OCH3 is 1. The largest absolute Gasteiger partial charge is 0.392 e. The van der Waals surface area contributed by atoms with Crippen LogP contribution < -0.4 is 0 Å². The predicted octanol–water partition coefficient (Wildman–Crippen LogP) is 2.48. The number of fused-ring (bicyclic) bond motifs is 3. The van der Waals surface area contributed by atoms with Crippen LogP contribution in [0.5, 0.6) is 0 Å². The Kier molecular flexibility index (Phi) is 4.29. The lowest BCUT2D eigenvalue weighted by Gasteiger charge is -2.58. The summed E-state index contributed by atoms with van der Waals surface area (Å²) in [5.74, 6) is 0.363. The van der Waals surface area contributed by atoms with Crippen LogP contribution in [-0.4, -0.2) is 58.4 Å². The van der Waals surface area contributed by atoms with Gasteiger partial charge in [-0.1, -0.05) is 24.3 Å². The highest BCUT2D eigenvalue weighted by Gasteiger charge is 2.58. The molecule has 2 aromatic rings. The first kappa shape index (κ1) is 17.9. The van der Waals surface area contributed by atoms with Crippen LogP contribution in [0.4, 0.5) is 0 Å². The van der Waals surface area contributed by atoms with Gasteiger partial charge in [0.1, 0.15) is 0 Å². The fourth-order valence-corrected chi connectivity index (χ4v) is 5.64. The maximum atomic E-state index is 12.2. The molecule has 3 aliphatic rings. The molecule has 3 heterocycles. The van der Waals surface area contributed by atoms with Crippen molar-refractivity contribution in [1.82, 2.24) is 14.5 Å². The zero-order chi connectivity index (χ0) is 19.3. The average Bonchev–Trinajstić information content (AvgIpc) is 3.32. The standard InChI is InChI=1S/C22H27N3O3/c1-28-11-6-19(26)24-9-7-22(8-10-24)12-17(21(22)27)20-16-5-3-2-4-15(16)18-13-23-14-25(18)20/h2-5,13-14,17,20-21,27H,6-12H2,1H3/t17-,20?,21+/m0/s1. The van der Waals surface area contributed by atoms with Gasteiger partial charge in [-0.3, -0.25) is 4.79 Å². The lowest BCUT2D eigenvalue weighted by Crippen LogP contribution is -2.59. The highest BCUT2D eigenvalue weighted by atomic mass is 16.5. The maximum absolute atomic E-state index is 12.2. The number of ether oxygens (including phenoxy) is 1. The first-order valence-electron chi connectivity index (χ1n) is 10.2. The number of aliphatic hydroxyl groups is 1. The van der Waals surface area contributed by atoms with Crippen LogP contribution in [0.2, 0.25) is 0 Å². The van der Waals surface area contributed by atoms with Crippen LogP contribution in [0.1, 0.15) is 37.3 Å². The molecule has 28 heavy (non-hydrogen) atoms. The van der Waals surface area contributed by atoms with E-state index in [1.165, 1.54) is 11.1 Å². The number of likely N-dealkylation sites (tertiary alicyclic amines) is 1. The Morgan fingerprint density at radius 2 is 2.11 bits per heavy atom. The molecule has 1 aromatic heterocycles. The van der Waals surface area contributed by atoms with Gasteiger partial charge in [-0.05, 0) is 24.8 Å². The molecule has 1 unspecified atom stereocenters. The fourth-order valence-electron chi connectivity index (χ4n) is 5.64. The number of carbonyl (C=O) groups is 1. The van der Waals surface area contributed by atoms with E-state index in [9.17, 15) is 9.90 Å². The summed E-state index contributed by atoms with van der Waals surface area (Å²) >= 11 is 0. The van der Waals surface area contributed by atoms with E-state index in [4.69, 9.17) is 4.74 Å². The zero-order valence-electron chi connectivity index (χ0n) is 16.3. The van der Waals surface area contributed by atoms with Crippen molar-refractivity contribution in [3.63, 3.8) is 0 Å². The zero-order valence-corrected chi connectivity index (χ0v) is 16.3. The van der Waals surface area contributed by atoms with Crippen LogP contribution in [0, 0.1) is 11.3 Å². The third-order valence-electron chi connectivity index (χ3n) is 7.23. The van der Waals surface area contributed by atoms with Crippen molar-refractivity contribution in [1.29, 1.82) is 0 Å². The van der Waals surface area contributed by atoms with Gasteiger partial charge in [0.25, 0.3) is 0 Å². The third kappa shape index (κ3) is 2.54. The van der Waals surface area contributed by atoms with E-state index in [0.29, 0.717) is 13.0 Å². The van der Waals surface area contributed by atoms with Crippen LogP contribution >= 0.6 is 0 Å². The van der Waals surface area contributed by atoms with Crippen LogP contribution in [-0.2, 0) is 9.53 Å². The predicted molar refractivity (Wildman–Crippen MR) is 105 cm³/mol. The van der Waals surface area contributed by atoms with E-state index in [0.717, 1.165) is 38.0 Å². The highest BCUT2D eigenvalue weighted by Crippen LogP contribution is 2.59. The van der Waals surface area contributed by atoms with Crippen molar-refractivity contribution in [2.75, 3.05) is 26.8 Å². The summed E-state index contributed by atoms with van der Waals surface area (Å²) in [6.07, 6.45) is 6.69. The molecule has 1 spiro atoms. The molecule has 0 radical (unpaired) electrons. The SMILES string of the molecule is COCCC(=O)N1CCC2(CC1)C[C@@H](C1c3ccccc3-c3cncn31)[C@H]2O. The Morgan fingerprint density at radius 3 is 2.86 bits per heavy atom. The summed E-state index contributed by atoms with van der Waals surface area (Å²) in [7, 11) is 1.62. The van der Waals surface area contributed by atoms with Gasteiger partial charge < -0.3 is 19.3 Å². The van der Waals surface area contributed by atoms with Crippen LogP contribution in [0.25, 0.3) is 11.3 Å². The second kappa shape index (κ2) is 6.71. The van der Waals surface area contributed by atoms with E-state index < -0.39 is 0 Å².